The molecule has 1 saturated carbocycles. The number of aliphatic hydroxyl groups is 1. The van der Waals surface area contributed by atoms with Gasteiger partial charge in [-0.1, -0.05) is 19.8 Å². The normalized spacial score (nSPS) is 25.6. The number of unbranched alkanes of at least 4 members (excludes halogenated alkanes) is 1. The molecule has 1 aliphatic rings. The molecule has 0 heterocycles. The minimum absolute atomic E-state index is 0.0614. The van der Waals surface area contributed by atoms with E-state index in [1.54, 1.807) is 7.05 Å². The third-order valence-corrected chi connectivity index (χ3v) is 5.03. The molecule has 2 atom stereocenters. The zero-order valence-corrected chi connectivity index (χ0v) is 11.5. The van der Waals surface area contributed by atoms with Crippen molar-refractivity contribution in [1.82, 2.24) is 9.03 Å². The molecule has 0 aromatic rings. The Hall–Kier alpha value is -0.170. The fraction of sp³-hybridized carbons (Fsp3) is 1.00. The number of nitrogens with zero attached hydrogens (tertiary/aromatic N) is 1. The summed E-state index contributed by atoms with van der Waals surface area (Å²) in [5.41, 5.74) is 0. The first-order chi connectivity index (χ1) is 8.01. The summed E-state index contributed by atoms with van der Waals surface area (Å²) in [4.78, 5) is 0. The van der Waals surface area contributed by atoms with Crippen LogP contribution in [0.3, 0.4) is 0 Å². The van der Waals surface area contributed by atoms with Gasteiger partial charge in [-0.15, -0.1) is 0 Å². The van der Waals surface area contributed by atoms with Crippen LogP contribution in [0.2, 0.25) is 0 Å². The predicted molar refractivity (Wildman–Crippen MR) is 67.8 cm³/mol. The maximum absolute atomic E-state index is 12.0. The topological polar surface area (TPSA) is 69.6 Å². The summed E-state index contributed by atoms with van der Waals surface area (Å²) in [5, 5.41) is 9.16. The van der Waals surface area contributed by atoms with E-state index in [-0.39, 0.29) is 18.6 Å². The molecule has 0 aliphatic heterocycles. The maximum atomic E-state index is 12.0. The summed E-state index contributed by atoms with van der Waals surface area (Å²) in [6, 6.07) is -0.103. The summed E-state index contributed by atoms with van der Waals surface area (Å²) in [5.74, 6) is 0.0735. The van der Waals surface area contributed by atoms with Crippen molar-refractivity contribution >= 4 is 10.2 Å². The summed E-state index contributed by atoms with van der Waals surface area (Å²) in [6.45, 7) is 2.64. The Morgan fingerprint density at radius 2 is 2.12 bits per heavy atom. The maximum Gasteiger partial charge on any atom is 0.279 e. The predicted octanol–water partition coefficient (Wildman–Crippen LogP) is 0.714. The lowest BCUT2D eigenvalue weighted by atomic mass is 10.1. The molecule has 6 heteroatoms. The number of hydrogen-bond acceptors (Lipinski definition) is 3. The molecule has 17 heavy (non-hydrogen) atoms. The molecule has 1 fully saturated rings. The Morgan fingerprint density at radius 3 is 2.71 bits per heavy atom. The highest BCUT2D eigenvalue weighted by atomic mass is 32.2. The average molecular weight is 264 g/mol. The number of hydrogen-bond donors (Lipinski definition) is 2. The lowest BCUT2D eigenvalue weighted by Gasteiger charge is -2.23. The zero-order valence-electron chi connectivity index (χ0n) is 10.7. The highest BCUT2D eigenvalue weighted by Crippen LogP contribution is 2.25. The summed E-state index contributed by atoms with van der Waals surface area (Å²) < 4.78 is 28.0. The zero-order chi connectivity index (χ0) is 12.9. The summed E-state index contributed by atoms with van der Waals surface area (Å²) in [6.07, 6.45) is 4.56. The number of nitrogens with one attached hydrogen (secondary N) is 1. The van der Waals surface area contributed by atoms with E-state index < -0.39 is 10.2 Å². The molecule has 0 bridgehead atoms. The highest BCUT2D eigenvalue weighted by Gasteiger charge is 2.31. The molecule has 0 saturated heterocycles. The van der Waals surface area contributed by atoms with Crippen molar-refractivity contribution in [3.8, 4) is 0 Å². The van der Waals surface area contributed by atoms with E-state index in [1.807, 2.05) is 6.92 Å². The fourth-order valence-corrected chi connectivity index (χ4v) is 3.44. The molecule has 2 N–H and O–H groups in total. The molecule has 5 nitrogen and oxygen atoms in total. The average Bonchev–Trinajstić information content (AvgIpc) is 2.72. The van der Waals surface area contributed by atoms with E-state index in [9.17, 15) is 8.42 Å². The molecular weight excluding hydrogens is 240 g/mol. The van der Waals surface area contributed by atoms with Gasteiger partial charge in [0.2, 0.25) is 0 Å². The molecule has 0 aromatic heterocycles. The van der Waals surface area contributed by atoms with Crippen LogP contribution in [0.1, 0.15) is 39.0 Å². The van der Waals surface area contributed by atoms with Crippen LogP contribution in [0, 0.1) is 5.92 Å². The van der Waals surface area contributed by atoms with E-state index in [0.29, 0.717) is 6.54 Å². The summed E-state index contributed by atoms with van der Waals surface area (Å²) >= 11 is 0. The van der Waals surface area contributed by atoms with Crippen LogP contribution in [-0.2, 0) is 10.2 Å². The van der Waals surface area contributed by atoms with Crippen LogP contribution in [0.4, 0.5) is 0 Å². The molecule has 2 unspecified atom stereocenters. The van der Waals surface area contributed by atoms with Gasteiger partial charge in [0, 0.05) is 26.2 Å². The van der Waals surface area contributed by atoms with Gasteiger partial charge in [0.25, 0.3) is 10.2 Å². The Kier molecular flexibility index (Phi) is 5.85. The van der Waals surface area contributed by atoms with E-state index in [2.05, 4.69) is 4.72 Å². The van der Waals surface area contributed by atoms with E-state index in [0.717, 1.165) is 32.1 Å². The highest BCUT2D eigenvalue weighted by molar-refractivity contribution is 7.87. The van der Waals surface area contributed by atoms with Crippen LogP contribution in [0.5, 0.6) is 0 Å². The molecule has 0 radical (unpaired) electrons. The minimum Gasteiger partial charge on any atom is -0.396 e. The van der Waals surface area contributed by atoms with Crippen molar-refractivity contribution in [2.45, 2.75) is 45.1 Å². The first-order valence-electron chi connectivity index (χ1n) is 6.35. The quantitative estimate of drug-likeness (QED) is 0.711. The first kappa shape index (κ1) is 14.9. The van der Waals surface area contributed by atoms with Crippen molar-refractivity contribution in [2.75, 3.05) is 20.2 Å². The SMILES string of the molecule is CCCCN(C)S(=O)(=O)NC1CCCC1CO. The van der Waals surface area contributed by atoms with Gasteiger partial charge in [-0.3, -0.25) is 0 Å². The molecule has 0 amide bonds. The Balaban J connectivity index is 2.53. The van der Waals surface area contributed by atoms with Gasteiger partial charge in [0.15, 0.2) is 0 Å². The third-order valence-electron chi connectivity index (χ3n) is 3.43. The van der Waals surface area contributed by atoms with Crippen LogP contribution in [0.25, 0.3) is 0 Å². The second-order valence-electron chi connectivity index (χ2n) is 4.78. The van der Waals surface area contributed by atoms with Crippen LogP contribution in [0.15, 0.2) is 0 Å². The molecule has 102 valence electrons. The van der Waals surface area contributed by atoms with Crippen LogP contribution in [-0.4, -0.2) is 44.1 Å². The van der Waals surface area contributed by atoms with Gasteiger partial charge in [-0.2, -0.15) is 17.4 Å². The van der Waals surface area contributed by atoms with Gasteiger partial charge in [0.05, 0.1) is 0 Å². The van der Waals surface area contributed by atoms with Crippen molar-refractivity contribution in [3.05, 3.63) is 0 Å². The molecule has 1 rings (SSSR count). The molecular formula is C11H24N2O3S. The molecule has 1 aliphatic carbocycles. The monoisotopic (exact) mass is 264 g/mol. The van der Waals surface area contributed by atoms with Crippen molar-refractivity contribution in [2.24, 2.45) is 5.92 Å². The Morgan fingerprint density at radius 1 is 1.41 bits per heavy atom. The largest absolute Gasteiger partial charge is 0.396 e. The van der Waals surface area contributed by atoms with Crippen molar-refractivity contribution in [1.29, 1.82) is 0 Å². The molecule has 0 aromatic carbocycles. The molecule has 0 spiro atoms. The summed E-state index contributed by atoms with van der Waals surface area (Å²) in [7, 11) is -1.79. The first-order valence-corrected chi connectivity index (χ1v) is 7.79. The lowest BCUT2D eigenvalue weighted by molar-refractivity contribution is 0.212. The van der Waals surface area contributed by atoms with E-state index >= 15 is 0 Å². The van der Waals surface area contributed by atoms with Crippen molar-refractivity contribution < 1.29 is 13.5 Å². The second kappa shape index (κ2) is 6.68. The second-order valence-corrected chi connectivity index (χ2v) is 6.59. The number of rotatable bonds is 7. The van der Waals surface area contributed by atoms with Gasteiger partial charge in [-0.25, -0.2) is 0 Å². The fourth-order valence-electron chi connectivity index (χ4n) is 2.19. The van der Waals surface area contributed by atoms with Crippen LogP contribution >= 0.6 is 0 Å². The number of aliphatic hydroxyl groups excluding tert-OH is 1. The van der Waals surface area contributed by atoms with Gasteiger partial charge in [-0.05, 0) is 25.2 Å². The smallest absolute Gasteiger partial charge is 0.279 e. The van der Waals surface area contributed by atoms with Gasteiger partial charge < -0.3 is 5.11 Å². The lowest BCUT2D eigenvalue weighted by Crippen LogP contribution is -2.45. The Labute approximate surface area is 104 Å². The minimum atomic E-state index is -3.39. The van der Waals surface area contributed by atoms with Crippen molar-refractivity contribution in [3.63, 3.8) is 0 Å². The van der Waals surface area contributed by atoms with Gasteiger partial charge in [0.1, 0.15) is 0 Å². The van der Waals surface area contributed by atoms with E-state index in [1.165, 1.54) is 4.31 Å². The van der Waals surface area contributed by atoms with Gasteiger partial charge >= 0.3 is 0 Å². The Bertz CT molecular complexity index is 319. The standard InChI is InChI=1S/C11H24N2O3S/c1-3-4-8-13(2)17(15,16)12-11-7-5-6-10(11)9-14/h10-12,14H,3-9H2,1-2H3. The third kappa shape index (κ3) is 4.21. The van der Waals surface area contributed by atoms with Crippen LogP contribution < -0.4 is 4.72 Å². The van der Waals surface area contributed by atoms with E-state index in [4.69, 9.17) is 5.11 Å².